The molecule has 0 aromatic heterocycles. The van der Waals surface area contributed by atoms with Crippen molar-refractivity contribution in [2.45, 2.75) is 0 Å². The van der Waals surface area contributed by atoms with Gasteiger partial charge in [0.05, 0.1) is 16.6 Å². The lowest BCUT2D eigenvalue weighted by molar-refractivity contribution is -0.384. The molecule has 0 spiro atoms. The van der Waals surface area contributed by atoms with E-state index in [-0.39, 0.29) is 5.69 Å². The summed E-state index contributed by atoms with van der Waals surface area (Å²) in [5.41, 5.74) is 1.77. The van der Waals surface area contributed by atoms with Crippen molar-refractivity contribution in [2.75, 3.05) is 11.9 Å². The van der Waals surface area contributed by atoms with Gasteiger partial charge in [0, 0.05) is 18.8 Å². The number of nitrogens with zero attached hydrogens (tertiary/aromatic N) is 3. The molecule has 5 heteroatoms. The Kier molecular flexibility index (Phi) is 3.44. The van der Waals surface area contributed by atoms with Crippen LogP contribution in [0.5, 0.6) is 0 Å². The third-order valence-corrected chi connectivity index (χ3v) is 2.80. The van der Waals surface area contributed by atoms with Crippen LogP contribution in [0.15, 0.2) is 48.5 Å². The van der Waals surface area contributed by atoms with E-state index in [9.17, 15) is 10.1 Å². The lowest BCUT2D eigenvalue weighted by Gasteiger charge is -2.19. The van der Waals surface area contributed by atoms with Gasteiger partial charge in [0.25, 0.3) is 5.69 Å². The number of anilines is 2. The van der Waals surface area contributed by atoms with Crippen molar-refractivity contribution in [3.8, 4) is 6.07 Å². The second-order valence-corrected chi connectivity index (χ2v) is 3.97. The summed E-state index contributed by atoms with van der Waals surface area (Å²) in [4.78, 5) is 12.3. The van der Waals surface area contributed by atoms with Gasteiger partial charge in [-0.2, -0.15) is 5.26 Å². The van der Waals surface area contributed by atoms with Crippen LogP contribution in [0.2, 0.25) is 0 Å². The maximum absolute atomic E-state index is 11.0. The van der Waals surface area contributed by atoms with E-state index in [1.165, 1.54) is 6.07 Å². The fourth-order valence-electron chi connectivity index (χ4n) is 1.83. The van der Waals surface area contributed by atoms with E-state index < -0.39 is 4.92 Å². The topological polar surface area (TPSA) is 70.2 Å². The zero-order valence-electron chi connectivity index (χ0n) is 10.3. The second-order valence-electron chi connectivity index (χ2n) is 3.97. The molecule has 0 radical (unpaired) electrons. The number of nitriles is 1. The highest BCUT2D eigenvalue weighted by Crippen LogP contribution is 2.32. The number of hydrogen-bond donors (Lipinski definition) is 0. The van der Waals surface area contributed by atoms with Crippen molar-refractivity contribution in [3.05, 3.63) is 64.2 Å². The maximum Gasteiger partial charge on any atom is 0.292 e. The lowest BCUT2D eigenvalue weighted by Crippen LogP contribution is -2.11. The molecule has 0 amide bonds. The van der Waals surface area contributed by atoms with Crippen LogP contribution in [-0.2, 0) is 0 Å². The third-order valence-electron chi connectivity index (χ3n) is 2.80. The Balaban J connectivity index is 2.47. The van der Waals surface area contributed by atoms with Crippen molar-refractivity contribution >= 4 is 17.1 Å². The quantitative estimate of drug-likeness (QED) is 0.622. The zero-order chi connectivity index (χ0) is 13.8. The minimum Gasteiger partial charge on any atom is -0.339 e. The monoisotopic (exact) mass is 253 g/mol. The van der Waals surface area contributed by atoms with Gasteiger partial charge in [-0.1, -0.05) is 18.2 Å². The highest BCUT2D eigenvalue weighted by Gasteiger charge is 2.17. The normalized spacial score (nSPS) is 9.68. The summed E-state index contributed by atoms with van der Waals surface area (Å²) >= 11 is 0. The van der Waals surface area contributed by atoms with Gasteiger partial charge in [-0.15, -0.1) is 0 Å². The standard InChI is InChI=1S/C14H11N3O2/c1-16(12-6-4-5-11(9-12)10-15)13-7-2-3-8-14(13)17(18)19/h2-9H,1H3. The first-order valence-corrected chi connectivity index (χ1v) is 5.61. The van der Waals surface area contributed by atoms with Gasteiger partial charge in [0.1, 0.15) is 5.69 Å². The fraction of sp³-hybridized carbons (Fsp3) is 0.0714. The van der Waals surface area contributed by atoms with Gasteiger partial charge < -0.3 is 4.90 Å². The van der Waals surface area contributed by atoms with E-state index in [1.807, 2.05) is 0 Å². The molecule has 0 heterocycles. The first kappa shape index (κ1) is 12.6. The van der Waals surface area contributed by atoms with Crippen LogP contribution < -0.4 is 4.90 Å². The molecular weight excluding hydrogens is 242 g/mol. The molecule has 0 saturated heterocycles. The molecule has 0 bridgehead atoms. The number of hydrogen-bond acceptors (Lipinski definition) is 4. The maximum atomic E-state index is 11.0. The molecule has 0 unspecified atom stereocenters. The van der Waals surface area contributed by atoms with Crippen molar-refractivity contribution in [2.24, 2.45) is 0 Å². The minimum absolute atomic E-state index is 0.0346. The smallest absolute Gasteiger partial charge is 0.292 e. The molecule has 19 heavy (non-hydrogen) atoms. The van der Waals surface area contributed by atoms with E-state index in [4.69, 9.17) is 5.26 Å². The van der Waals surface area contributed by atoms with Crippen molar-refractivity contribution in [1.82, 2.24) is 0 Å². The molecule has 0 saturated carbocycles. The van der Waals surface area contributed by atoms with E-state index in [1.54, 1.807) is 54.4 Å². The molecule has 0 atom stereocenters. The van der Waals surface area contributed by atoms with Crippen molar-refractivity contribution in [1.29, 1.82) is 5.26 Å². The van der Waals surface area contributed by atoms with Crippen molar-refractivity contribution in [3.63, 3.8) is 0 Å². The Bertz CT molecular complexity index is 662. The van der Waals surface area contributed by atoms with Crippen LogP contribution in [0, 0.1) is 21.4 Å². The highest BCUT2D eigenvalue weighted by atomic mass is 16.6. The lowest BCUT2D eigenvalue weighted by atomic mass is 10.2. The number of para-hydroxylation sites is 2. The first-order valence-electron chi connectivity index (χ1n) is 5.61. The van der Waals surface area contributed by atoms with E-state index in [0.29, 0.717) is 11.3 Å². The van der Waals surface area contributed by atoms with E-state index in [0.717, 1.165) is 5.69 Å². The summed E-state index contributed by atoms with van der Waals surface area (Å²) in [6.07, 6.45) is 0. The van der Waals surface area contributed by atoms with Crippen LogP contribution in [0.25, 0.3) is 0 Å². The van der Waals surface area contributed by atoms with Crippen LogP contribution in [0.3, 0.4) is 0 Å². The number of nitro groups is 1. The van der Waals surface area contributed by atoms with Gasteiger partial charge in [-0.3, -0.25) is 10.1 Å². The zero-order valence-corrected chi connectivity index (χ0v) is 10.3. The minimum atomic E-state index is -0.417. The molecule has 0 aliphatic carbocycles. The Hall–Kier alpha value is -2.87. The molecule has 2 aromatic rings. The summed E-state index contributed by atoms with van der Waals surface area (Å²) in [6.45, 7) is 0. The molecule has 0 N–H and O–H groups in total. The number of nitro benzene ring substituents is 1. The van der Waals surface area contributed by atoms with E-state index in [2.05, 4.69) is 6.07 Å². The molecule has 2 aromatic carbocycles. The Morgan fingerprint density at radius 2 is 1.95 bits per heavy atom. The average molecular weight is 253 g/mol. The predicted molar refractivity (Wildman–Crippen MR) is 72.3 cm³/mol. The Morgan fingerprint density at radius 1 is 1.21 bits per heavy atom. The van der Waals surface area contributed by atoms with Gasteiger partial charge >= 0.3 is 0 Å². The van der Waals surface area contributed by atoms with Gasteiger partial charge in [0.15, 0.2) is 0 Å². The SMILES string of the molecule is CN(c1cccc(C#N)c1)c1ccccc1[N+](=O)[O-]. The third kappa shape index (κ3) is 2.53. The summed E-state index contributed by atoms with van der Waals surface area (Å²) in [6, 6.07) is 15.5. The van der Waals surface area contributed by atoms with Crippen LogP contribution in [0.1, 0.15) is 5.56 Å². The molecular formula is C14H11N3O2. The molecule has 0 aliphatic rings. The largest absolute Gasteiger partial charge is 0.339 e. The summed E-state index contributed by atoms with van der Waals surface area (Å²) in [5.74, 6) is 0. The summed E-state index contributed by atoms with van der Waals surface area (Å²) < 4.78 is 0. The first-order chi connectivity index (χ1) is 9.13. The number of benzene rings is 2. The average Bonchev–Trinajstić information content (AvgIpc) is 2.46. The second kappa shape index (κ2) is 5.19. The van der Waals surface area contributed by atoms with Crippen molar-refractivity contribution < 1.29 is 4.92 Å². The van der Waals surface area contributed by atoms with E-state index >= 15 is 0 Å². The fourth-order valence-corrected chi connectivity index (χ4v) is 1.83. The molecule has 94 valence electrons. The van der Waals surface area contributed by atoms with Gasteiger partial charge in [-0.25, -0.2) is 0 Å². The summed E-state index contributed by atoms with van der Waals surface area (Å²) in [5, 5.41) is 19.9. The predicted octanol–water partition coefficient (Wildman–Crippen LogP) is 3.23. The summed E-state index contributed by atoms with van der Waals surface area (Å²) in [7, 11) is 1.73. The molecule has 0 fully saturated rings. The molecule has 2 rings (SSSR count). The van der Waals surface area contributed by atoms with Gasteiger partial charge in [-0.05, 0) is 24.3 Å². The molecule has 5 nitrogen and oxygen atoms in total. The van der Waals surface area contributed by atoms with Crippen LogP contribution in [-0.4, -0.2) is 12.0 Å². The van der Waals surface area contributed by atoms with Crippen LogP contribution >= 0.6 is 0 Å². The van der Waals surface area contributed by atoms with Crippen LogP contribution in [0.4, 0.5) is 17.1 Å². The number of rotatable bonds is 3. The molecule has 0 aliphatic heterocycles. The highest BCUT2D eigenvalue weighted by molar-refractivity contribution is 5.72. The van der Waals surface area contributed by atoms with Gasteiger partial charge in [0.2, 0.25) is 0 Å². The Morgan fingerprint density at radius 3 is 2.63 bits per heavy atom. The Labute approximate surface area is 110 Å².